The van der Waals surface area contributed by atoms with Gasteiger partial charge in [-0.05, 0) is 18.6 Å². The van der Waals surface area contributed by atoms with Gasteiger partial charge in [-0.1, -0.05) is 19.1 Å². The summed E-state index contributed by atoms with van der Waals surface area (Å²) in [5, 5.41) is 5.45. The number of anilines is 1. The van der Waals surface area contributed by atoms with Crippen LogP contribution >= 0.6 is 11.8 Å². The fraction of sp³-hybridized carbons (Fsp3) is 0.444. The highest BCUT2D eigenvalue weighted by Gasteiger charge is 2.27. The van der Waals surface area contributed by atoms with Gasteiger partial charge >= 0.3 is 5.97 Å². The van der Waals surface area contributed by atoms with E-state index in [0.29, 0.717) is 11.8 Å². The summed E-state index contributed by atoms with van der Waals surface area (Å²) in [6.07, 6.45) is 1.31. The Morgan fingerprint density at radius 1 is 1.31 bits per heavy atom. The molecular formula is C18H21N3O4S. The van der Waals surface area contributed by atoms with E-state index in [0.717, 1.165) is 22.0 Å². The number of hydrazone groups is 1. The number of ether oxygens (including phenoxy) is 1. The molecule has 0 fully saturated rings. The summed E-state index contributed by atoms with van der Waals surface area (Å²) in [7, 11) is 1.49. The largest absolute Gasteiger partial charge is 0.451 e. The molecule has 1 atom stereocenters. The molecule has 2 aliphatic heterocycles. The van der Waals surface area contributed by atoms with E-state index in [4.69, 9.17) is 4.74 Å². The minimum Gasteiger partial charge on any atom is -0.451 e. The van der Waals surface area contributed by atoms with Gasteiger partial charge in [-0.25, -0.2) is 9.80 Å². The number of para-hydroxylation sites is 1. The van der Waals surface area contributed by atoms with Crippen molar-refractivity contribution >= 4 is 40.9 Å². The van der Waals surface area contributed by atoms with Crippen LogP contribution in [0, 0.1) is 0 Å². The number of amides is 2. The highest BCUT2D eigenvalue weighted by molar-refractivity contribution is 8.00. The molecule has 0 N–H and O–H groups in total. The van der Waals surface area contributed by atoms with Gasteiger partial charge in [0.05, 0.1) is 5.69 Å². The van der Waals surface area contributed by atoms with Crippen molar-refractivity contribution in [2.45, 2.75) is 36.3 Å². The topological polar surface area (TPSA) is 79.3 Å². The van der Waals surface area contributed by atoms with Crippen LogP contribution in [0.25, 0.3) is 0 Å². The molecule has 3 rings (SSSR count). The van der Waals surface area contributed by atoms with Crippen LogP contribution in [0.3, 0.4) is 0 Å². The normalized spacial score (nSPS) is 20.2. The van der Waals surface area contributed by atoms with Crippen LogP contribution in [0.15, 0.2) is 34.3 Å². The summed E-state index contributed by atoms with van der Waals surface area (Å²) in [6, 6.07) is 7.75. The molecule has 0 aromatic heterocycles. The van der Waals surface area contributed by atoms with Gasteiger partial charge in [-0.2, -0.15) is 5.10 Å². The lowest BCUT2D eigenvalue weighted by Gasteiger charge is -2.23. The van der Waals surface area contributed by atoms with Crippen LogP contribution in [0.4, 0.5) is 5.69 Å². The first-order valence-corrected chi connectivity index (χ1v) is 9.41. The quantitative estimate of drug-likeness (QED) is 0.756. The van der Waals surface area contributed by atoms with Crippen LogP contribution in [0.2, 0.25) is 0 Å². The summed E-state index contributed by atoms with van der Waals surface area (Å²) in [6.45, 7) is 2.37. The number of fused-ring (bicyclic) bond motifs is 1. The maximum Gasteiger partial charge on any atom is 0.355 e. The Kier molecular flexibility index (Phi) is 5.61. The number of rotatable bonds is 3. The number of benzene rings is 1. The van der Waals surface area contributed by atoms with Gasteiger partial charge < -0.3 is 9.64 Å². The third-order valence-corrected chi connectivity index (χ3v) is 5.55. The zero-order valence-corrected chi connectivity index (χ0v) is 15.6. The van der Waals surface area contributed by atoms with Gasteiger partial charge in [0.2, 0.25) is 5.91 Å². The van der Waals surface area contributed by atoms with Gasteiger partial charge in [0.1, 0.15) is 5.71 Å². The average molecular weight is 375 g/mol. The molecule has 0 saturated carbocycles. The Morgan fingerprint density at radius 3 is 2.85 bits per heavy atom. The third kappa shape index (κ3) is 4.07. The number of carbonyl (C=O) groups is 3. The van der Waals surface area contributed by atoms with Crippen LogP contribution in [0.5, 0.6) is 0 Å². The highest BCUT2D eigenvalue weighted by Crippen LogP contribution is 2.37. The number of hydrogen-bond donors (Lipinski definition) is 0. The van der Waals surface area contributed by atoms with Gasteiger partial charge in [-0.3, -0.25) is 9.59 Å². The van der Waals surface area contributed by atoms with Crippen molar-refractivity contribution < 1.29 is 19.1 Å². The van der Waals surface area contributed by atoms with Gasteiger partial charge in [0.15, 0.2) is 6.61 Å². The lowest BCUT2D eigenvalue weighted by Crippen LogP contribution is -2.37. The lowest BCUT2D eigenvalue weighted by atomic mass is 10.2. The molecule has 0 spiro atoms. The van der Waals surface area contributed by atoms with E-state index in [-0.39, 0.29) is 37.0 Å². The number of carbonyl (C=O) groups excluding carboxylic acids is 3. The summed E-state index contributed by atoms with van der Waals surface area (Å²) in [5.41, 5.74) is 1.02. The molecule has 0 aliphatic carbocycles. The molecule has 1 aromatic carbocycles. The molecular weight excluding hydrogens is 354 g/mol. The van der Waals surface area contributed by atoms with Crippen molar-refractivity contribution in [3.63, 3.8) is 0 Å². The Labute approximate surface area is 156 Å². The maximum atomic E-state index is 12.7. The van der Waals surface area contributed by atoms with Crippen molar-refractivity contribution in [3.05, 3.63) is 24.3 Å². The number of thioether (sulfide) groups is 1. The Balaban J connectivity index is 1.66. The van der Waals surface area contributed by atoms with E-state index in [9.17, 15) is 14.4 Å². The SMILES string of the molecule is CC1CCN(C(=O)COC(=O)C2=NN(C)C(=O)CC2)c2ccccc2S1. The first-order valence-electron chi connectivity index (χ1n) is 8.53. The minimum atomic E-state index is -0.649. The molecule has 1 unspecified atom stereocenters. The Morgan fingerprint density at radius 2 is 2.08 bits per heavy atom. The molecule has 0 saturated heterocycles. The number of nitrogens with zero attached hydrogens (tertiary/aromatic N) is 3. The zero-order valence-electron chi connectivity index (χ0n) is 14.8. The number of esters is 1. The van der Waals surface area contributed by atoms with E-state index >= 15 is 0 Å². The Hall–Kier alpha value is -2.35. The Bertz CT molecular complexity index is 765. The highest BCUT2D eigenvalue weighted by atomic mass is 32.2. The second-order valence-corrected chi connectivity index (χ2v) is 7.75. The molecule has 7 nitrogen and oxygen atoms in total. The number of hydrogen-bond acceptors (Lipinski definition) is 6. The molecule has 2 heterocycles. The summed E-state index contributed by atoms with van der Waals surface area (Å²) >= 11 is 1.74. The van der Waals surface area contributed by atoms with E-state index in [1.165, 1.54) is 7.05 Å². The smallest absolute Gasteiger partial charge is 0.355 e. The standard InChI is InChI=1S/C18H21N3O4S/c1-12-9-10-21(14-5-3-4-6-15(14)26-12)17(23)11-25-18(24)13-7-8-16(22)20(2)19-13/h3-6,12H,7-11H2,1-2H3. The van der Waals surface area contributed by atoms with Gasteiger partial charge in [0, 0.05) is 36.6 Å². The molecule has 8 heteroatoms. The molecule has 2 amide bonds. The second-order valence-electron chi connectivity index (χ2n) is 6.27. The van der Waals surface area contributed by atoms with E-state index < -0.39 is 5.97 Å². The molecule has 26 heavy (non-hydrogen) atoms. The molecule has 0 radical (unpaired) electrons. The van der Waals surface area contributed by atoms with Gasteiger partial charge in [-0.15, -0.1) is 11.8 Å². The van der Waals surface area contributed by atoms with Crippen LogP contribution < -0.4 is 4.90 Å². The summed E-state index contributed by atoms with van der Waals surface area (Å²) in [5.74, 6) is -1.06. The summed E-state index contributed by atoms with van der Waals surface area (Å²) < 4.78 is 5.16. The average Bonchev–Trinajstić information content (AvgIpc) is 2.80. The first-order chi connectivity index (χ1) is 12.5. The van der Waals surface area contributed by atoms with Crippen LogP contribution in [-0.4, -0.2) is 54.0 Å². The molecule has 0 bridgehead atoms. The van der Waals surface area contributed by atoms with Crippen molar-refractivity contribution in [2.24, 2.45) is 5.10 Å². The predicted octanol–water partition coefficient (Wildman–Crippen LogP) is 2.06. The van der Waals surface area contributed by atoms with Crippen LogP contribution in [0.1, 0.15) is 26.2 Å². The maximum absolute atomic E-state index is 12.7. The monoisotopic (exact) mass is 375 g/mol. The van der Waals surface area contributed by atoms with E-state index in [2.05, 4.69) is 12.0 Å². The van der Waals surface area contributed by atoms with E-state index in [1.807, 2.05) is 24.3 Å². The predicted molar refractivity (Wildman–Crippen MR) is 99.1 cm³/mol. The van der Waals surface area contributed by atoms with Gasteiger partial charge in [0.25, 0.3) is 5.91 Å². The molecule has 2 aliphatic rings. The molecule has 1 aromatic rings. The second kappa shape index (κ2) is 7.90. The fourth-order valence-corrected chi connectivity index (χ4v) is 3.96. The first kappa shape index (κ1) is 18.4. The summed E-state index contributed by atoms with van der Waals surface area (Å²) in [4.78, 5) is 38.9. The van der Waals surface area contributed by atoms with Crippen molar-refractivity contribution in [1.29, 1.82) is 0 Å². The van der Waals surface area contributed by atoms with Crippen molar-refractivity contribution in [2.75, 3.05) is 25.1 Å². The fourth-order valence-electron chi connectivity index (χ4n) is 2.85. The van der Waals surface area contributed by atoms with Crippen molar-refractivity contribution in [1.82, 2.24) is 5.01 Å². The lowest BCUT2D eigenvalue weighted by molar-refractivity contribution is -0.141. The zero-order chi connectivity index (χ0) is 18.7. The molecule has 138 valence electrons. The van der Waals surface area contributed by atoms with Crippen LogP contribution in [-0.2, 0) is 19.1 Å². The van der Waals surface area contributed by atoms with E-state index in [1.54, 1.807) is 16.7 Å². The minimum absolute atomic E-state index is 0.148. The third-order valence-electron chi connectivity index (χ3n) is 4.31. The van der Waals surface area contributed by atoms with Crippen molar-refractivity contribution in [3.8, 4) is 0 Å².